The number of pyridine rings is 1. The van der Waals surface area contributed by atoms with Crippen LogP contribution in [0.5, 0.6) is 0 Å². The number of rotatable bonds is 4. The molecule has 4 aliphatic rings. The number of aromatic nitrogens is 1. The van der Waals surface area contributed by atoms with E-state index in [2.05, 4.69) is 11.1 Å². The standard InChI is InChI=1S/C29H31FN2O3/c1-17-27-24(11-10-21-9-8-19(15-31-21)23-4-2-3-5-26(23)30)22-12-13-32(28(33)18-6-7-18)16-20(22)14-25(27)29(34)35-17/h2-5,8-11,15,17-18,20,22,24-25,27H,6-7,12-14,16H2,1H3/b11-10+. The van der Waals surface area contributed by atoms with Crippen molar-refractivity contribution in [3.63, 3.8) is 0 Å². The van der Waals surface area contributed by atoms with Crippen LogP contribution < -0.4 is 0 Å². The summed E-state index contributed by atoms with van der Waals surface area (Å²) < 4.78 is 19.8. The Morgan fingerprint density at radius 2 is 2.00 bits per heavy atom. The molecule has 6 unspecified atom stereocenters. The van der Waals surface area contributed by atoms with Gasteiger partial charge in [-0.25, -0.2) is 4.39 Å². The van der Waals surface area contributed by atoms with Crippen LogP contribution >= 0.6 is 0 Å². The SMILES string of the molecule is CC1OC(=O)C2CC3CN(C(=O)C4CC4)CCC3C(/C=C/c3ccc(-c4ccccc4F)cn3)C12. The number of piperidine rings is 1. The average molecular weight is 475 g/mol. The van der Waals surface area contributed by atoms with Crippen LogP contribution in [-0.4, -0.2) is 41.0 Å². The summed E-state index contributed by atoms with van der Waals surface area (Å²) >= 11 is 0. The second kappa shape index (κ2) is 8.89. The fourth-order valence-electron chi connectivity index (χ4n) is 6.71. The van der Waals surface area contributed by atoms with Gasteiger partial charge in [-0.2, -0.15) is 0 Å². The molecule has 0 bridgehead atoms. The van der Waals surface area contributed by atoms with Gasteiger partial charge in [0.2, 0.25) is 5.91 Å². The summed E-state index contributed by atoms with van der Waals surface area (Å²) in [4.78, 5) is 32.0. The number of hydrogen-bond donors (Lipinski definition) is 0. The predicted molar refractivity (Wildman–Crippen MR) is 130 cm³/mol. The molecule has 2 aliphatic heterocycles. The number of halogens is 1. The molecule has 6 atom stereocenters. The van der Waals surface area contributed by atoms with E-state index in [0.29, 0.717) is 23.3 Å². The summed E-state index contributed by atoms with van der Waals surface area (Å²) in [7, 11) is 0. The molecular weight excluding hydrogens is 443 g/mol. The molecule has 4 fully saturated rings. The number of carbonyl (C=O) groups excluding carboxylic acids is 2. The average Bonchev–Trinajstić information content (AvgIpc) is 3.68. The summed E-state index contributed by atoms with van der Waals surface area (Å²) in [6, 6.07) is 10.5. The maximum atomic E-state index is 14.1. The lowest BCUT2D eigenvalue weighted by Gasteiger charge is -2.48. The quantitative estimate of drug-likeness (QED) is 0.587. The van der Waals surface area contributed by atoms with Gasteiger partial charge in [0.05, 0.1) is 11.6 Å². The summed E-state index contributed by atoms with van der Waals surface area (Å²) in [6.45, 7) is 3.57. The minimum absolute atomic E-state index is 0.0858. The fraction of sp³-hybridized carbons (Fsp3) is 0.483. The number of benzene rings is 1. The van der Waals surface area contributed by atoms with Gasteiger partial charge in [0.15, 0.2) is 0 Å². The number of hydrogen-bond acceptors (Lipinski definition) is 4. The van der Waals surface area contributed by atoms with Crippen molar-refractivity contribution < 1.29 is 18.7 Å². The number of ether oxygens (including phenoxy) is 1. The van der Waals surface area contributed by atoms with Gasteiger partial charge in [0.25, 0.3) is 0 Å². The number of carbonyl (C=O) groups is 2. The molecule has 6 rings (SSSR count). The number of cyclic esters (lactones) is 1. The topological polar surface area (TPSA) is 59.5 Å². The highest BCUT2D eigenvalue weighted by Crippen LogP contribution is 2.52. The molecule has 1 aromatic carbocycles. The molecule has 2 saturated heterocycles. The van der Waals surface area contributed by atoms with Crippen LogP contribution in [0.2, 0.25) is 0 Å². The van der Waals surface area contributed by atoms with Gasteiger partial charge in [-0.3, -0.25) is 14.6 Å². The highest BCUT2D eigenvalue weighted by atomic mass is 19.1. The first-order chi connectivity index (χ1) is 17.0. The molecule has 6 heteroatoms. The zero-order chi connectivity index (χ0) is 24.1. The third-order valence-electron chi connectivity index (χ3n) is 8.60. The maximum absolute atomic E-state index is 14.1. The Kier molecular flexibility index (Phi) is 5.70. The van der Waals surface area contributed by atoms with Crippen LogP contribution in [0.4, 0.5) is 4.39 Å². The molecule has 2 aromatic rings. The fourth-order valence-corrected chi connectivity index (χ4v) is 6.71. The molecule has 2 saturated carbocycles. The van der Waals surface area contributed by atoms with Crippen LogP contribution in [0.1, 0.15) is 38.3 Å². The Morgan fingerprint density at radius 3 is 2.74 bits per heavy atom. The highest BCUT2D eigenvalue weighted by Gasteiger charge is 2.55. The normalized spacial score (nSPS) is 32.3. The highest BCUT2D eigenvalue weighted by molar-refractivity contribution is 5.81. The first-order valence-electron chi connectivity index (χ1n) is 12.9. The number of likely N-dealkylation sites (tertiary alicyclic amines) is 1. The van der Waals surface area contributed by atoms with E-state index in [4.69, 9.17) is 4.74 Å². The number of esters is 1. The molecule has 0 radical (unpaired) electrons. The van der Waals surface area contributed by atoms with E-state index < -0.39 is 0 Å². The van der Waals surface area contributed by atoms with Crippen LogP contribution in [-0.2, 0) is 14.3 Å². The first kappa shape index (κ1) is 22.4. The lowest BCUT2D eigenvalue weighted by Crippen LogP contribution is -2.51. The Hall–Kier alpha value is -3.02. The minimum atomic E-state index is -0.261. The van der Waals surface area contributed by atoms with E-state index in [-0.39, 0.29) is 41.6 Å². The van der Waals surface area contributed by atoms with Crippen molar-refractivity contribution in [3.8, 4) is 11.1 Å². The van der Waals surface area contributed by atoms with Crippen molar-refractivity contribution >= 4 is 18.0 Å². The van der Waals surface area contributed by atoms with E-state index in [0.717, 1.165) is 50.0 Å². The lowest BCUT2D eigenvalue weighted by molar-refractivity contribution is -0.144. The van der Waals surface area contributed by atoms with Crippen molar-refractivity contribution in [3.05, 3.63) is 60.2 Å². The second-order valence-corrected chi connectivity index (χ2v) is 10.7. The molecule has 2 aliphatic carbocycles. The van der Waals surface area contributed by atoms with Gasteiger partial charge >= 0.3 is 5.97 Å². The molecule has 5 nitrogen and oxygen atoms in total. The van der Waals surface area contributed by atoms with E-state index in [9.17, 15) is 14.0 Å². The Bertz CT molecular complexity index is 1160. The molecule has 0 N–H and O–H groups in total. The lowest BCUT2D eigenvalue weighted by atomic mass is 9.59. The molecule has 1 aromatic heterocycles. The molecule has 182 valence electrons. The summed E-state index contributed by atoms with van der Waals surface area (Å²) in [5.74, 6) is 1.18. The smallest absolute Gasteiger partial charge is 0.309 e. The van der Waals surface area contributed by atoms with E-state index in [1.54, 1.807) is 18.3 Å². The van der Waals surface area contributed by atoms with Crippen molar-refractivity contribution in [1.29, 1.82) is 0 Å². The molecule has 35 heavy (non-hydrogen) atoms. The van der Waals surface area contributed by atoms with Crippen molar-refractivity contribution in [2.75, 3.05) is 13.1 Å². The summed E-state index contributed by atoms with van der Waals surface area (Å²) in [5.41, 5.74) is 2.09. The van der Waals surface area contributed by atoms with Crippen molar-refractivity contribution in [1.82, 2.24) is 9.88 Å². The van der Waals surface area contributed by atoms with Gasteiger partial charge in [0.1, 0.15) is 11.9 Å². The van der Waals surface area contributed by atoms with E-state index >= 15 is 0 Å². The zero-order valence-corrected chi connectivity index (χ0v) is 20.0. The number of amides is 1. The van der Waals surface area contributed by atoms with Crippen LogP contribution in [0.25, 0.3) is 17.2 Å². The summed E-state index contributed by atoms with van der Waals surface area (Å²) in [6.07, 6.45) is 9.67. The Morgan fingerprint density at radius 1 is 1.17 bits per heavy atom. The molecular formula is C29H31FN2O3. The zero-order valence-electron chi connectivity index (χ0n) is 20.0. The number of allylic oxidation sites excluding steroid dienone is 1. The monoisotopic (exact) mass is 474 g/mol. The van der Waals surface area contributed by atoms with Crippen molar-refractivity contribution in [2.45, 2.75) is 38.7 Å². The van der Waals surface area contributed by atoms with E-state index in [1.807, 2.05) is 36.1 Å². The van der Waals surface area contributed by atoms with Gasteiger partial charge in [-0.1, -0.05) is 30.3 Å². The first-order valence-corrected chi connectivity index (χ1v) is 12.9. The Labute approximate surface area is 205 Å². The van der Waals surface area contributed by atoms with Gasteiger partial charge in [-0.05, 0) is 68.6 Å². The summed E-state index contributed by atoms with van der Waals surface area (Å²) in [5, 5.41) is 0. The Balaban J connectivity index is 1.24. The van der Waals surface area contributed by atoms with Crippen LogP contribution in [0, 0.1) is 41.3 Å². The molecule has 1 amide bonds. The minimum Gasteiger partial charge on any atom is -0.462 e. The largest absolute Gasteiger partial charge is 0.462 e. The third-order valence-corrected chi connectivity index (χ3v) is 8.60. The van der Waals surface area contributed by atoms with Gasteiger partial charge in [0, 0.05) is 42.2 Å². The van der Waals surface area contributed by atoms with Gasteiger partial charge in [-0.15, -0.1) is 0 Å². The maximum Gasteiger partial charge on any atom is 0.309 e. The number of nitrogens with zero attached hydrogens (tertiary/aromatic N) is 2. The van der Waals surface area contributed by atoms with E-state index in [1.165, 1.54) is 6.07 Å². The molecule has 0 spiro atoms. The number of fused-ring (bicyclic) bond motifs is 2. The van der Waals surface area contributed by atoms with Gasteiger partial charge < -0.3 is 9.64 Å². The van der Waals surface area contributed by atoms with Crippen LogP contribution in [0.15, 0.2) is 48.7 Å². The van der Waals surface area contributed by atoms with Crippen molar-refractivity contribution in [2.24, 2.45) is 35.5 Å². The molecule has 3 heterocycles. The second-order valence-electron chi connectivity index (χ2n) is 10.7. The third kappa shape index (κ3) is 4.17. The van der Waals surface area contributed by atoms with Crippen LogP contribution in [0.3, 0.4) is 0 Å². The predicted octanol–water partition coefficient (Wildman–Crippen LogP) is 4.97.